The number of methoxy groups -OCH3 is 1. The number of hydrogen-bond acceptors (Lipinski definition) is 4. The molecule has 1 aliphatic rings. The zero-order chi connectivity index (χ0) is 19.5. The van der Waals surface area contributed by atoms with Gasteiger partial charge < -0.3 is 24.6 Å². The molecule has 1 amide bonds. The average Bonchev–Trinajstić information content (AvgIpc) is 3.14. The van der Waals surface area contributed by atoms with E-state index in [1.54, 1.807) is 26.1 Å². The van der Waals surface area contributed by atoms with Crippen LogP contribution >= 0.6 is 24.0 Å². The second-order valence-corrected chi connectivity index (χ2v) is 6.94. The molecule has 0 saturated carbocycles. The minimum Gasteiger partial charge on any atom is -0.382 e. The topological polar surface area (TPSA) is 66.4 Å². The first-order valence-electron chi connectivity index (χ1n) is 9.44. The highest BCUT2D eigenvalue weighted by Crippen LogP contribution is 2.17. The van der Waals surface area contributed by atoms with Gasteiger partial charge in [0.05, 0.1) is 32.9 Å². The van der Waals surface area contributed by atoms with Crippen LogP contribution in [0.2, 0.25) is 0 Å². The van der Waals surface area contributed by atoms with Crippen molar-refractivity contribution in [2.24, 2.45) is 10.9 Å². The van der Waals surface area contributed by atoms with Gasteiger partial charge in [-0.3, -0.25) is 4.79 Å². The van der Waals surface area contributed by atoms with E-state index in [0.717, 1.165) is 37.6 Å². The standard InChI is InChI=1S/C20H32N4O3.HI/c1-23(2)19(25)14-22-20(21-13-17-7-5-4-6-8-17)24-10-9-18(15-24)16-27-12-11-26-3;/h4-8,18H,9-16H2,1-3H3,(H,21,22);1H. The van der Waals surface area contributed by atoms with Crippen molar-refractivity contribution in [3.8, 4) is 0 Å². The lowest BCUT2D eigenvalue weighted by molar-refractivity contribution is -0.127. The summed E-state index contributed by atoms with van der Waals surface area (Å²) in [7, 11) is 5.19. The molecule has 0 radical (unpaired) electrons. The predicted octanol–water partition coefficient (Wildman–Crippen LogP) is 1.82. The Morgan fingerprint density at radius 2 is 2.04 bits per heavy atom. The summed E-state index contributed by atoms with van der Waals surface area (Å²) in [6.07, 6.45) is 1.06. The Morgan fingerprint density at radius 3 is 2.71 bits per heavy atom. The molecular formula is C20H33IN4O3. The van der Waals surface area contributed by atoms with Gasteiger partial charge in [-0.05, 0) is 12.0 Å². The number of guanidine groups is 1. The normalized spacial score (nSPS) is 16.6. The zero-order valence-corrected chi connectivity index (χ0v) is 19.4. The third-order valence-electron chi connectivity index (χ3n) is 4.52. The predicted molar refractivity (Wildman–Crippen MR) is 122 cm³/mol. The second kappa shape index (κ2) is 13.7. The molecule has 2 rings (SSSR count). The van der Waals surface area contributed by atoms with Gasteiger partial charge in [0.2, 0.25) is 5.91 Å². The molecule has 0 aromatic heterocycles. The fourth-order valence-electron chi connectivity index (χ4n) is 2.88. The third-order valence-corrected chi connectivity index (χ3v) is 4.52. The second-order valence-electron chi connectivity index (χ2n) is 6.94. The number of likely N-dealkylation sites (tertiary alicyclic amines) is 1. The fourth-order valence-corrected chi connectivity index (χ4v) is 2.88. The Labute approximate surface area is 185 Å². The molecule has 1 N–H and O–H groups in total. The summed E-state index contributed by atoms with van der Waals surface area (Å²) in [6.45, 7) is 4.59. The Kier molecular flexibility index (Phi) is 12.1. The highest BCUT2D eigenvalue weighted by atomic mass is 127. The Balaban J connectivity index is 0.00000392. The van der Waals surface area contributed by atoms with Gasteiger partial charge in [-0.25, -0.2) is 4.99 Å². The van der Waals surface area contributed by atoms with Gasteiger partial charge in [-0.2, -0.15) is 0 Å². The number of nitrogens with zero attached hydrogens (tertiary/aromatic N) is 3. The smallest absolute Gasteiger partial charge is 0.241 e. The summed E-state index contributed by atoms with van der Waals surface area (Å²) in [5, 5.41) is 3.23. The summed E-state index contributed by atoms with van der Waals surface area (Å²) in [4.78, 5) is 20.5. The molecular weight excluding hydrogens is 471 g/mol. The average molecular weight is 504 g/mol. The number of carbonyl (C=O) groups is 1. The molecule has 7 nitrogen and oxygen atoms in total. The first-order valence-corrected chi connectivity index (χ1v) is 9.44. The van der Waals surface area contributed by atoms with Gasteiger partial charge in [-0.15, -0.1) is 24.0 Å². The van der Waals surface area contributed by atoms with Gasteiger partial charge in [0.25, 0.3) is 0 Å². The number of aliphatic imine (C=N–C) groups is 1. The molecule has 1 heterocycles. The maximum atomic E-state index is 12.0. The third kappa shape index (κ3) is 8.74. The molecule has 1 aromatic carbocycles. The summed E-state index contributed by atoms with van der Waals surface area (Å²) in [6, 6.07) is 10.1. The first-order chi connectivity index (χ1) is 13.1. The van der Waals surface area contributed by atoms with Gasteiger partial charge in [0.15, 0.2) is 5.96 Å². The molecule has 1 atom stereocenters. The van der Waals surface area contributed by atoms with Gasteiger partial charge >= 0.3 is 0 Å². The number of rotatable bonds is 9. The fraction of sp³-hybridized carbons (Fsp3) is 0.600. The SMILES string of the molecule is COCCOCC1CCN(C(=NCc2ccccc2)NCC(=O)N(C)C)C1.I. The lowest BCUT2D eigenvalue weighted by atomic mass is 10.1. The number of halogens is 1. The van der Waals surface area contributed by atoms with Crippen LogP contribution in [0.4, 0.5) is 0 Å². The van der Waals surface area contributed by atoms with Gasteiger partial charge in [-0.1, -0.05) is 30.3 Å². The molecule has 8 heteroatoms. The highest BCUT2D eigenvalue weighted by Gasteiger charge is 2.25. The number of likely N-dealkylation sites (N-methyl/N-ethyl adjacent to an activating group) is 1. The van der Waals surface area contributed by atoms with Crippen LogP contribution in [-0.4, -0.2) is 82.3 Å². The van der Waals surface area contributed by atoms with Crippen molar-refractivity contribution in [2.45, 2.75) is 13.0 Å². The van der Waals surface area contributed by atoms with Crippen LogP contribution in [0.3, 0.4) is 0 Å². The Bertz CT molecular complexity index is 598. The molecule has 158 valence electrons. The first kappa shape index (κ1) is 24.6. The van der Waals surface area contributed by atoms with Gasteiger partial charge in [0.1, 0.15) is 0 Å². The minimum absolute atomic E-state index is 0. The van der Waals surface area contributed by atoms with E-state index in [1.165, 1.54) is 0 Å². The van der Waals surface area contributed by atoms with E-state index < -0.39 is 0 Å². The summed E-state index contributed by atoms with van der Waals surface area (Å²) < 4.78 is 10.7. The lowest BCUT2D eigenvalue weighted by Gasteiger charge is -2.23. The molecule has 28 heavy (non-hydrogen) atoms. The number of benzene rings is 1. The van der Waals surface area contributed by atoms with E-state index in [9.17, 15) is 4.79 Å². The summed E-state index contributed by atoms with van der Waals surface area (Å²) in [5.41, 5.74) is 1.15. The highest BCUT2D eigenvalue weighted by molar-refractivity contribution is 14.0. The maximum absolute atomic E-state index is 12.0. The molecule has 1 aromatic rings. The van der Waals surface area contributed by atoms with Crippen LogP contribution in [0.25, 0.3) is 0 Å². The van der Waals surface area contributed by atoms with E-state index in [1.807, 2.05) is 18.2 Å². The lowest BCUT2D eigenvalue weighted by Crippen LogP contribution is -2.44. The van der Waals surface area contributed by atoms with E-state index in [-0.39, 0.29) is 36.4 Å². The largest absolute Gasteiger partial charge is 0.382 e. The van der Waals surface area contributed by atoms with Crippen molar-refractivity contribution in [3.05, 3.63) is 35.9 Å². The van der Waals surface area contributed by atoms with Crippen LogP contribution in [0.1, 0.15) is 12.0 Å². The minimum atomic E-state index is 0. The molecule has 1 unspecified atom stereocenters. The molecule has 0 bridgehead atoms. The van der Waals surface area contributed by atoms with E-state index in [0.29, 0.717) is 25.7 Å². The number of amides is 1. The van der Waals surface area contributed by atoms with Crippen LogP contribution in [0.15, 0.2) is 35.3 Å². The molecule has 1 saturated heterocycles. The van der Waals surface area contributed by atoms with Crippen molar-refractivity contribution >= 4 is 35.8 Å². The molecule has 0 aliphatic carbocycles. The van der Waals surface area contributed by atoms with Crippen LogP contribution < -0.4 is 5.32 Å². The van der Waals surface area contributed by atoms with Crippen molar-refractivity contribution in [1.29, 1.82) is 0 Å². The van der Waals surface area contributed by atoms with Crippen molar-refractivity contribution in [1.82, 2.24) is 15.1 Å². The number of ether oxygens (including phenoxy) is 2. The summed E-state index contributed by atoms with van der Waals surface area (Å²) >= 11 is 0. The van der Waals surface area contributed by atoms with Crippen LogP contribution in [0, 0.1) is 5.92 Å². The zero-order valence-electron chi connectivity index (χ0n) is 17.1. The Morgan fingerprint density at radius 1 is 1.29 bits per heavy atom. The van der Waals surface area contributed by atoms with Crippen molar-refractivity contribution in [3.63, 3.8) is 0 Å². The van der Waals surface area contributed by atoms with E-state index in [2.05, 4.69) is 22.3 Å². The number of carbonyl (C=O) groups excluding carboxylic acids is 1. The van der Waals surface area contributed by atoms with E-state index >= 15 is 0 Å². The quantitative estimate of drug-likeness (QED) is 0.241. The molecule has 1 aliphatic heterocycles. The van der Waals surface area contributed by atoms with Gasteiger partial charge in [0, 0.05) is 40.2 Å². The molecule has 1 fully saturated rings. The summed E-state index contributed by atoms with van der Waals surface area (Å²) in [5.74, 6) is 1.28. The van der Waals surface area contributed by atoms with Crippen LogP contribution in [0.5, 0.6) is 0 Å². The Hall–Kier alpha value is -1.39. The maximum Gasteiger partial charge on any atom is 0.241 e. The van der Waals surface area contributed by atoms with Crippen LogP contribution in [-0.2, 0) is 20.8 Å². The monoisotopic (exact) mass is 504 g/mol. The number of hydrogen-bond donors (Lipinski definition) is 1. The molecule has 0 spiro atoms. The van der Waals surface area contributed by atoms with E-state index in [4.69, 9.17) is 14.5 Å². The van der Waals surface area contributed by atoms with Crippen molar-refractivity contribution < 1.29 is 14.3 Å². The number of nitrogens with one attached hydrogen (secondary N) is 1. The van der Waals surface area contributed by atoms with Crippen molar-refractivity contribution in [2.75, 3.05) is 60.7 Å².